The summed E-state index contributed by atoms with van der Waals surface area (Å²) >= 11 is 0. The van der Waals surface area contributed by atoms with E-state index in [4.69, 9.17) is 14.2 Å². The molecule has 1 saturated heterocycles. The zero-order valence-corrected chi connectivity index (χ0v) is 10.9. The van der Waals surface area contributed by atoms with Crippen molar-refractivity contribution in [3.05, 3.63) is 0 Å². The summed E-state index contributed by atoms with van der Waals surface area (Å²) < 4.78 is 14.9. The molecule has 8 nitrogen and oxygen atoms in total. The van der Waals surface area contributed by atoms with E-state index in [1.54, 1.807) is 0 Å². The average Bonchev–Trinajstić information content (AvgIpc) is 2.25. The molecule has 1 aliphatic heterocycles. The van der Waals surface area contributed by atoms with Crippen LogP contribution >= 0.6 is 0 Å². The topological polar surface area (TPSA) is 111 Å². The van der Waals surface area contributed by atoms with Crippen LogP contribution in [-0.4, -0.2) is 54.1 Å². The van der Waals surface area contributed by atoms with Gasteiger partial charge in [0.15, 0.2) is 12.4 Å². The first-order chi connectivity index (χ1) is 8.81. The van der Waals surface area contributed by atoms with Crippen LogP contribution in [0.5, 0.6) is 0 Å². The predicted molar refractivity (Wildman–Crippen MR) is 60.7 cm³/mol. The summed E-state index contributed by atoms with van der Waals surface area (Å²) in [5, 5.41) is 12.2. The van der Waals surface area contributed by atoms with Gasteiger partial charge in [-0.25, -0.2) is 0 Å². The highest BCUT2D eigenvalue weighted by molar-refractivity contribution is 5.74. The summed E-state index contributed by atoms with van der Waals surface area (Å²) in [5.74, 6) is -1.62. The van der Waals surface area contributed by atoms with Crippen molar-refractivity contribution in [2.75, 3.05) is 6.61 Å². The van der Waals surface area contributed by atoms with E-state index in [9.17, 15) is 19.5 Å². The van der Waals surface area contributed by atoms with Crippen LogP contribution in [0.4, 0.5) is 0 Å². The highest BCUT2D eigenvalue weighted by Gasteiger charge is 2.44. The Bertz CT molecular complexity index is 370. The Kier molecular flexibility index (Phi) is 5.25. The van der Waals surface area contributed by atoms with Gasteiger partial charge in [-0.15, -0.1) is 0 Å². The minimum Gasteiger partial charge on any atom is -0.458 e. The van der Waals surface area contributed by atoms with Crippen molar-refractivity contribution in [1.82, 2.24) is 5.32 Å². The van der Waals surface area contributed by atoms with E-state index in [1.165, 1.54) is 13.8 Å². The molecule has 1 fully saturated rings. The molecule has 0 aromatic rings. The zero-order chi connectivity index (χ0) is 14.6. The van der Waals surface area contributed by atoms with Gasteiger partial charge in [0.05, 0.1) is 6.61 Å². The van der Waals surface area contributed by atoms with Crippen LogP contribution in [0.15, 0.2) is 0 Å². The fourth-order valence-corrected chi connectivity index (χ4v) is 1.83. The number of aliphatic hydroxyl groups excluding tert-OH is 1. The summed E-state index contributed by atoms with van der Waals surface area (Å²) in [6.07, 6.45) is -3.37. The van der Waals surface area contributed by atoms with E-state index in [2.05, 4.69) is 5.32 Å². The Morgan fingerprint density at radius 1 is 1.16 bits per heavy atom. The molecule has 0 unspecified atom stereocenters. The highest BCUT2D eigenvalue weighted by Crippen LogP contribution is 2.20. The van der Waals surface area contributed by atoms with Crippen LogP contribution in [0.1, 0.15) is 20.8 Å². The minimum absolute atomic E-state index is 0.108. The van der Waals surface area contributed by atoms with E-state index in [0.29, 0.717) is 0 Å². The largest absolute Gasteiger partial charge is 0.458 e. The Labute approximate surface area is 110 Å². The molecule has 8 heteroatoms. The van der Waals surface area contributed by atoms with Crippen LogP contribution in [0.3, 0.4) is 0 Å². The molecule has 1 rings (SSSR count). The number of ether oxygens (including phenoxy) is 3. The van der Waals surface area contributed by atoms with Gasteiger partial charge < -0.3 is 24.6 Å². The lowest BCUT2D eigenvalue weighted by Crippen LogP contribution is -2.62. The Hall–Kier alpha value is -1.67. The number of esters is 2. The molecule has 2 N–H and O–H groups in total. The van der Waals surface area contributed by atoms with Crippen molar-refractivity contribution >= 4 is 17.8 Å². The monoisotopic (exact) mass is 275 g/mol. The molecule has 19 heavy (non-hydrogen) atoms. The van der Waals surface area contributed by atoms with Gasteiger partial charge in [0.1, 0.15) is 12.1 Å². The lowest BCUT2D eigenvalue weighted by Gasteiger charge is -2.39. The molecule has 0 radical (unpaired) electrons. The maximum Gasteiger partial charge on any atom is 0.303 e. The van der Waals surface area contributed by atoms with Crippen LogP contribution in [0, 0.1) is 0 Å². The molecule has 4 atom stereocenters. The number of amides is 1. The minimum atomic E-state index is -1.40. The second-order valence-corrected chi connectivity index (χ2v) is 4.17. The van der Waals surface area contributed by atoms with Gasteiger partial charge in [-0.05, 0) is 0 Å². The lowest BCUT2D eigenvalue weighted by molar-refractivity contribution is -0.238. The second-order valence-electron chi connectivity index (χ2n) is 4.17. The number of hydrogen-bond acceptors (Lipinski definition) is 7. The fraction of sp³-hybridized carbons (Fsp3) is 0.727. The average molecular weight is 275 g/mol. The Morgan fingerprint density at radius 3 is 2.21 bits per heavy atom. The molecule has 108 valence electrons. The van der Waals surface area contributed by atoms with E-state index in [0.717, 1.165) is 6.92 Å². The van der Waals surface area contributed by atoms with Gasteiger partial charge in [-0.2, -0.15) is 0 Å². The van der Waals surface area contributed by atoms with E-state index >= 15 is 0 Å². The van der Waals surface area contributed by atoms with Gasteiger partial charge in [0.2, 0.25) is 5.91 Å². The molecule has 0 aliphatic carbocycles. The predicted octanol–water partition coefficient (Wildman–Crippen LogP) is -1.30. The van der Waals surface area contributed by atoms with Gasteiger partial charge in [-0.3, -0.25) is 14.4 Å². The molecule has 0 spiro atoms. The maximum atomic E-state index is 11.2. The van der Waals surface area contributed by atoms with Gasteiger partial charge in [0.25, 0.3) is 0 Å². The summed E-state index contributed by atoms with van der Waals surface area (Å²) in [7, 11) is 0. The van der Waals surface area contributed by atoms with Crippen molar-refractivity contribution in [2.24, 2.45) is 0 Å². The molecule has 1 amide bonds. The Balaban J connectivity index is 2.89. The van der Waals surface area contributed by atoms with E-state index in [1.807, 2.05) is 0 Å². The van der Waals surface area contributed by atoms with Crippen LogP contribution in [0.25, 0.3) is 0 Å². The maximum absolute atomic E-state index is 11.2. The molecule has 1 heterocycles. The SMILES string of the molecule is CC(=O)N[C@H]1[C@@H](OC(C)=O)[C@@H](O)OC[C@H]1OC(C)=O. The van der Waals surface area contributed by atoms with Crippen molar-refractivity contribution in [2.45, 2.75) is 45.3 Å². The summed E-state index contributed by atoms with van der Waals surface area (Å²) in [4.78, 5) is 33.2. The molecular formula is C11H17NO7. The number of aliphatic hydroxyl groups is 1. The Morgan fingerprint density at radius 2 is 1.74 bits per heavy atom. The first kappa shape index (κ1) is 15.4. The van der Waals surface area contributed by atoms with Crippen LogP contribution in [0.2, 0.25) is 0 Å². The summed E-state index contributed by atoms with van der Waals surface area (Å²) in [5.41, 5.74) is 0. The van der Waals surface area contributed by atoms with Crippen molar-refractivity contribution in [1.29, 1.82) is 0 Å². The van der Waals surface area contributed by atoms with Crippen LogP contribution in [-0.2, 0) is 28.6 Å². The summed E-state index contributed by atoms with van der Waals surface area (Å²) in [6, 6.07) is -0.867. The first-order valence-electron chi connectivity index (χ1n) is 5.72. The number of rotatable bonds is 3. The number of hydrogen-bond donors (Lipinski definition) is 2. The number of carbonyl (C=O) groups is 3. The van der Waals surface area contributed by atoms with Gasteiger partial charge >= 0.3 is 11.9 Å². The molecule has 1 aliphatic rings. The highest BCUT2D eigenvalue weighted by atomic mass is 16.7. The molecule has 0 aromatic heterocycles. The van der Waals surface area contributed by atoms with E-state index in [-0.39, 0.29) is 6.61 Å². The first-order valence-corrected chi connectivity index (χ1v) is 5.72. The standard InChI is InChI=1S/C11H17NO7/c1-5(13)12-9-8(18-6(2)14)4-17-11(16)10(9)19-7(3)15/h8-11,16H,4H2,1-3H3,(H,12,13)/t8-,9-,10-,11+/m1/s1. The molecule has 0 aromatic carbocycles. The quantitative estimate of drug-likeness (QED) is 0.616. The normalized spacial score (nSPS) is 30.3. The third-order valence-electron chi connectivity index (χ3n) is 2.46. The lowest BCUT2D eigenvalue weighted by atomic mass is 10.0. The molecular weight excluding hydrogens is 258 g/mol. The number of nitrogens with one attached hydrogen (secondary N) is 1. The molecule has 0 bridgehead atoms. The van der Waals surface area contributed by atoms with Crippen molar-refractivity contribution in [3.8, 4) is 0 Å². The summed E-state index contributed by atoms with van der Waals surface area (Å²) in [6.45, 7) is 3.52. The van der Waals surface area contributed by atoms with Crippen LogP contribution < -0.4 is 5.32 Å². The smallest absolute Gasteiger partial charge is 0.303 e. The number of carbonyl (C=O) groups excluding carboxylic acids is 3. The third kappa shape index (κ3) is 4.49. The fourth-order valence-electron chi connectivity index (χ4n) is 1.83. The zero-order valence-electron chi connectivity index (χ0n) is 10.9. The van der Waals surface area contributed by atoms with Gasteiger partial charge in [-0.1, -0.05) is 0 Å². The van der Waals surface area contributed by atoms with E-state index < -0.39 is 42.4 Å². The second kappa shape index (κ2) is 6.48. The molecule has 0 saturated carbocycles. The van der Waals surface area contributed by atoms with Crippen molar-refractivity contribution < 1.29 is 33.7 Å². The van der Waals surface area contributed by atoms with Crippen molar-refractivity contribution in [3.63, 3.8) is 0 Å². The van der Waals surface area contributed by atoms with Gasteiger partial charge in [0, 0.05) is 20.8 Å². The third-order valence-corrected chi connectivity index (χ3v) is 2.46.